The molecule has 86 valence electrons. The van der Waals surface area contributed by atoms with Gasteiger partial charge in [0.1, 0.15) is 0 Å². The molecule has 0 bridgehead atoms. The number of aryl methyl sites for hydroxylation is 1. The number of hydrogen-bond acceptors (Lipinski definition) is 3. The number of hydrogen-bond donors (Lipinski definition) is 1. The minimum absolute atomic E-state index is 0.0702. The largest absolute Gasteiger partial charge is 0.399 e. The standard InChI is InChI=1S/C12H16N2O2/c1-9-8-10(13)2-3-11(9)12(15)14-4-6-16-7-5-14/h2-3,8H,4-7,13H2,1H3. The number of benzene rings is 1. The minimum atomic E-state index is 0.0702. The molecule has 1 aliphatic heterocycles. The number of nitrogen functional groups attached to an aromatic ring is 1. The lowest BCUT2D eigenvalue weighted by atomic mass is 10.1. The van der Waals surface area contributed by atoms with Crippen molar-refractivity contribution in [1.29, 1.82) is 0 Å². The zero-order valence-electron chi connectivity index (χ0n) is 9.40. The quantitative estimate of drug-likeness (QED) is 0.720. The van der Waals surface area contributed by atoms with Gasteiger partial charge < -0.3 is 15.4 Å². The fourth-order valence-electron chi connectivity index (χ4n) is 1.86. The monoisotopic (exact) mass is 220 g/mol. The first-order chi connectivity index (χ1) is 7.68. The van der Waals surface area contributed by atoms with Crippen molar-refractivity contribution in [1.82, 2.24) is 4.90 Å². The molecule has 2 rings (SSSR count). The van der Waals surface area contributed by atoms with Gasteiger partial charge in [-0.15, -0.1) is 0 Å². The summed E-state index contributed by atoms with van der Waals surface area (Å²) in [6.07, 6.45) is 0. The second kappa shape index (κ2) is 4.53. The molecule has 0 unspecified atom stereocenters. The highest BCUT2D eigenvalue weighted by Gasteiger charge is 2.19. The van der Waals surface area contributed by atoms with E-state index in [1.54, 1.807) is 12.1 Å². The van der Waals surface area contributed by atoms with Crippen molar-refractivity contribution in [2.24, 2.45) is 0 Å². The number of ether oxygens (including phenoxy) is 1. The van der Waals surface area contributed by atoms with Crippen LogP contribution in [-0.2, 0) is 4.74 Å². The maximum absolute atomic E-state index is 12.2. The maximum atomic E-state index is 12.2. The van der Waals surface area contributed by atoms with E-state index in [0.717, 1.165) is 11.1 Å². The van der Waals surface area contributed by atoms with Crippen LogP contribution in [0.3, 0.4) is 0 Å². The molecule has 16 heavy (non-hydrogen) atoms. The normalized spacial score (nSPS) is 16.2. The highest BCUT2D eigenvalue weighted by Crippen LogP contribution is 2.15. The third kappa shape index (κ3) is 2.17. The average molecular weight is 220 g/mol. The summed E-state index contributed by atoms with van der Waals surface area (Å²) in [5.74, 6) is 0.0702. The van der Waals surface area contributed by atoms with E-state index in [2.05, 4.69) is 0 Å². The Hall–Kier alpha value is -1.55. The number of rotatable bonds is 1. The fourth-order valence-corrected chi connectivity index (χ4v) is 1.86. The van der Waals surface area contributed by atoms with Crippen LogP contribution in [0.4, 0.5) is 5.69 Å². The van der Waals surface area contributed by atoms with Gasteiger partial charge in [-0.2, -0.15) is 0 Å². The molecule has 1 heterocycles. The van der Waals surface area contributed by atoms with Crippen molar-refractivity contribution in [2.45, 2.75) is 6.92 Å². The molecule has 4 heteroatoms. The Morgan fingerprint density at radius 2 is 2.06 bits per heavy atom. The van der Waals surface area contributed by atoms with Crippen LogP contribution in [0.5, 0.6) is 0 Å². The summed E-state index contributed by atoms with van der Waals surface area (Å²) in [5, 5.41) is 0. The molecule has 0 atom stereocenters. The molecule has 1 aliphatic rings. The molecular formula is C12H16N2O2. The molecule has 4 nitrogen and oxygen atoms in total. The summed E-state index contributed by atoms with van der Waals surface area (Å²) in [6.45, 7) is 4.49. The third-order valence-electron chi connectivity index (χ3n) is 2.78. The average Bonchev–Trinajstić information content (AvgIpc) is 2.29. The SMILES string of the molecule is Cc1cc(N)ccc1C(=O)N1CCOCC1. The minimum Gasteiger partial charge on any atom is -0.399 e. The molecule has 1 saturated heterocycles. The van der Waals surface area contributed by atoms with E-state index in [1.165, 1.54) is 0 Å². The zero-order chi connectivity index (χ0) is 11.5. The van der Waals surface area contributed by atoms with Gasteiger partial charge in [0.15, 0.2) is 0 Å². The van der Waals surface area contributed by atoms with Crippen molar-refractivity contribution in [3.63, 3.8) is 0 Å². The lowest BCUT2D eigenvalue weighted by Crippen LogP contribution is -2.40. The highest BCUT2D eigenvalue weighted by molar-refractivity contribution is 5.96. The number of morpholine rings is 1. The van der Waals surface area contributed by atoms with Gasteiger partial charge in [-0.25, -0.2) is 0 Å². The van der Waals surface area contributed by atoms with Crippen LogP contribution in [0.15, 0.2) is 18.2 Å². The van der Waals surface area contributed by atoms with Crippen molar-refractivity contribution in [2.75, 3.05) is 32.0 Å². The van der Waals surface area contributed by atoms with Gasteiger partial charge in [-0.1, -0.05) is 0 Å². The Kier molecular flexibility index (Phi) is 3.10. The van der Waals surface area contributed by atoms with Crippen LogP contribution < -0.4 is 5.73 Å². The molecule has 1 aromatic carbocycles. The van der Waals surface area contributed by atoms with Crippen LogP contribution >= 0.6 is 0 Å². The number of nitrogens with zero attached hydrogens (tertiary/aromatic N) is 1. The van der Waals surface area contributed by atoms with Gasteiger partial charge in [-0.05, 0) is 30.7 Å². The summed E-state index contributed by atoms with van der Waals surface area (Å²) in [6, 6.07) is 5.39. The highest BCUT2D eigenvalue weighted by atomic mass is 16.5. The summed E-state index contributed by atoms with van der Waals surface area (Å²) in [4.78, 5) is 14.0. The smallest absolute Gasteiger partial charge is 0.254 e. The lowest BCUT2D eigenvalue weighted by Gasteiger charge is -2.27. The fraction of sp³-hybridized carbons (Fsp3) is 0.417. The number of anilines is 1. The first kappa shape index (κ1) is 11.0. The molecule has 0 aliphatic carbocycles. The first-order valence-electron chi connectivity index (χ1n) is 5.41. The van der Waals surface area contributed by atoms with E-state index in [1.807, 2.05) is 17.9 Å². The van der Waals surface area contributed by atoms with Crippen molar-refractivity contribution in [3.8, 4) is 0 Å². The summed E-state index contributed by atoms with van der Waals surface area (Å²) in [7, 11) is 0. The molecule has 0 saturated carbocycles. The lowest BCUT2D eigenvalue weighted by molar-refractivity contribution is 0.0302. The first-order valence-corrected chi connectivity index (χ1v) is 5.41. The predicted octanol–water partition coefficient (Wildman–Crippen LogP) is 1.05. The molecule has 0 spiro atoms. The van der Waals surface area contributed by atoms with Crippen LogP contribution in [0.2, 0.25) is 0 Å². The summed E-state index contributed by atoms with van der Waals surface area (Å²) >= 11 is 0. The van der Waals surface area contributed by atoms with Gasteiger partial charge in [0.05, 0.1) is 13.2 Å². The molecule has 0 aromatic heterocycles. The Labute approximate surface area is 95.0 Å². The topological polar surface area (TPSA) is 55.6 Å². The van der Waals surface area contributed by atoms with Gasteiger partial charge >= 0.3 is 0 Å². The van der Waals surface area contributed by atoms with E-state index in [-0.39, 0.29) is 5.91 Å². The number of nitrogens with two attached hydrogens (primary N) is 1. The van der Waals surface area contributed by atoms with Gasteiger partial charge in [0.25, 0.3) is 5.91 Å². The van der Waals surface area contributed by atoms with Gasteiger partial charge in [-0.3, -0.25) is 4.79 Å². The molecule has 1 aromatic rings. The van der Waals surface area contributed by atoms with Crippen LogP contribution in [0.1, 0.15) is 15.9 Å². The van der Waals surface area contributed by atoms with Crippen molar-refractivity contribution >= 4 is 11.6 Å². The maximum Gasteiger partial charge on any atom is 0.254 e. The predicted molar refractivity (Wildman–Crippen MR) is 62.3 cm³/mol. The Bertz CT molecular complexity index is 398. The van der Waals surface area contributed by atoms with Crippen molar-refractivity contribution < 1.29 is 9.53 Å². The van der Waals surface area contributed by atoms with Crippen LogP contribution in [0.25, 0.3) is 0 Å². The molecule has 1 fully saturated rings. The van der Waals surface area contributed by atoms with E-state index < -0.39 is 0 Å². The second-order valence-electron chi connectivity index (χ2n) is 3.98. The van der Waals surface area contributed by atoms with Crippen LogP contribution in [0, 0.1) is 6.92 Å². The van der Waals surface area contributed by atoms with Gasteiger partial charge in [0.2, 0.25) is 0 Å². The molecular weight excluding hydrogens is 204 g/mol. The van der Waals surface area contributed by atoms with E-state index >= 15 is 0 Å². The Balaban J connectivity index is 2.19. The third-order valence-corrected chi connectivity index (χ3v) is 2.78. The molecule has 0 radical (unpaired) electrons. The van der Waals surface area contributed by atoms with E-state index in [9.17, 15) is 4.79 Å². The van der Waals surface area contributed by atoms with Crippen molar-refractivity contribution in [3.05, 3.63) is 29.3 Å². The molecule has 1 amide bonds. The summed E-state index contributed by atoms with van der Waals surface area (Å²) < 4.78 is 5.22. The van der Waals surface area contributed by atoms with Crippen LogP contribution in [-0.4, -0.2) is 37.1 Å². The number of carbonyl (C=O) groups excluding carboxylic acids is 1. The number of carbonyl (C=O) groups is 1. The van der Waals surface area contributed by atoms with E-state index in [0.29, 0.717) is 32.0 Å². The number of amides is 1. The Morgan fingerprint density at radius 1 is 1.38 bits per heavy atom. The van der Waals surface area contributed by atoms with E-state index in [4.69, 9.17) is 10.5 Å². The van der Waals surface area contributed by atoms with Gasteiger partial charge in [0, 0.05) is 24.3 Å². The summed E-state index contributed by atoms with van der Waals surface area (Å²) in [5.41, 5.74) is 8.01. The molecule has 2 N–H and O–H groups in total. The zero-order valence-corrected chi connectivity index (χ0v) is 9.40. The second-order valence-corrected chi connectivity index (χ2v) is 3.98. The Morgan fingerprint density at radius 3 is 2.69 bits per heavy atom.